The Labute approximate surface area is 140 Å². The van der Waals surface area contributed by atoms with E-state index in [0.29, 0.717) is 6.54 Å². The highest BCUT2D eigenvalue weighted by Gasteiger charge is 2.15. The number of hydrogen-bond donors (Lipinski definition) is 3. The summed E-state index contributed by atoms with van der Waals surface area (Å²) in [6.45, 7) is 9.41. The molecule has 1 rings (SSSR count). The van der Waals surface area contributed by atoms with Gasteiger partial charge in [-0.15, -0.1) is 0 Å². The third-order valence-corrected chi connectivity index (χ3v) is 3.38. The number of aliphatic imine (C=N–C) groups is 1. The summed E-state index contributed by atoms with van der Waals surface area (Å²) in [5.74, 6) is 1.77. The van der Waals surface area contributed by atoms with E-state index in [1.807, 2.05) is 32.0 Å². The van der Waals surface area contributed by atoms with Crippen LogP contribution >= 0.6 is 0 Å². The Morgan fingerprint density at radius 3 is 2.65 bits per heavy atom. The normalized spacial score (nSPS) is 12.1. The Morgan fingerprint density at radius 2 is 2.00 bits per heavy atom. The van der Waals surface area contributed by atoms with Gasteiger partial charge in [0.25, 0.3) is 0 Å². The van der Waals surface area contributed by atoms with Crippen molar-refractivity contribution >= 4 is 11.8 Å². The zero-order chi connectivity index (χ0) is 17.0. The van der Waals surface area contributed by atoms with E-state index in [0.717, 1.165) is 44.3 Å². The van der Waals surface area contributed by atoms with Gasteiger partial charge in [-0.1, -0.05) is 6.07 Å². The minimum Gasteiger partial charge on any atom is -0.377 e. The van der Waals surface area contributed by atoms with Crippen LogP contribution < -0.4 is 16.0 Å². The number of pyridine rings is 1. The molecular weight excluding hydrogens is 290 g/mol. The predicted octanol–water partition coefficient (Wildman–Crippen LogP) is 2.25. The quantitative estimate of drug-likeness (QED) is 0.350. The lowest BCUT2D eigenvalue weighted by molar-refractivity contribution is 0.0310. The summed E-state index contributed by atoms with van der Waals surface area (Å²) in [4.78, 5) is 8.80. The molecule has 0 fully saturated rings. The molecule has 0 radical (unpaired) electrons. The van der Waals surface area contributed by atoms with Crippen molar-refractivity contribution in [3.8, 4) is 0 Å². The van der Waals surface area contributed by atoms with Crippen molar-refractivity contribution in [2.45, 2.75) is 39.2 Å². The van der Waals surface area contributed by atoms with Gasteiger partial charge in [0, 0.05) is 32.9 Å². The molecule has 6 heteroatoms. The van der Waals surface area contributed by atoms with Gasteiger partial charge in [-0.25, -0.2) is 4.98 Å². The Balaban J connectivity index is 2.21. The number of guanidine groups is 1. The molecule has 0 aliphatic rings. The van der Waals surface area contributed by atoms with Gasteiger partial charge in [0.05, 0.1) is 12.1 Å². The number of rotatable bonds is 10. The van der Waals surface area contributed by atoms with Crippen molar-refractivity contribution in [3.05, 3.63) is 24.4 Å². The van der Waals surface area contributed by atoms with E-state index in [1.54, 1.807) is 13.3 Å². The van der Waals surface area contributed by atoms with Gasteiger partial charge in [0.15, 0.2) is 5.96 Å². The lowest BCUT2D eigenvalue weighted by Gasteiger charge is -2.21. The molecular formula is C17H31N5O. The topological polar surface area (TPSA) is 70.6 Å². The van der Waals surface area contributed by atoms with Crippen LogP contribution in [0.2, 0.25) is 0 Å². The van der Waals surface area contributed by atoms with Crippen molar-refractivity contribution in [1.82, 2.24) is 15.6 Å². The van der Waals surface area contributed by atoms with Crippen LogP contribution in [-0.4, -0.2) is 49.8 Å². The second-order valence-corrected chi connectivity index (χ2v) is 5.93. The molecule has 0 spiro atoms. The molecule has 0 bridgehead atoms. The number of nitrogens with zero attached hydrogens (tertiary/aromatic N) is 2. The first-order valence-corrected chi connectivity index (χ1v) is 8.29. The van der Waals surface area contributed by atoms with Crippen LogP contribution in [-0.2, 0) is 4.74 Å². The van der Waals surface area contributed by atoms with Crippen LogP contribution in [0.25, 0.3) is 0 Å². The minimum absolute atomic E-state index is 0.241. The highest BCUT2D eigenvalue weighted by Crippen LogP contribution is 2.07. The molecule has 1 heterocycles. The largest absolute Gasteiger partial charge is 0.377 e. The van der Waals surface area contributed by atoms with Gasteiger partial charge < -0.3 is 20.7 Å². The van der Waals surface area contributed by atoms with E-state index >= 15 is 0 Å². The zero-order valence-electron chi connectivity index (χ0n) is 14.9. The molecule has 0 unspecified atom stereocenters. The average molecular weight is 321 g/mol. The molecule has 1 aromatic rings. The van der Waals surface area contributed by atoms with E-state index in [-0.39, 0.29) is 5.60 Å². The molecule has 130 valence electrons. The molecule has 0 saturated heterocycles. The molecule has 0 aliphatic carbocycles. The van der Waals surface area contributed by atoms with Crippen molar-refractivity contribution in [3.63, 3.8) is 0 Å². The molecule has 0 amide bonds. The van der Waals surface area contributed by atoms with Crippen LogP contribution in [0, 0.1) is 0 Å². The summed E-state index contributed by atoms with van der Waals surface area (Å²) >= 11 is 0. The lowest BCUT2D eigenvalue weighted by Crippen LogP contribution is -2.39. The highest BCUT2D eigenvalue weighted by molar-refractivity contribution is 5.79. The van der Waals surface area contributed by atoms with Crippen molar-refractivity contribution in [2.24, 2.45) is 4.99 Å². The summed E-state index contributed by atoms with van der Waals surface area (Å²) in [6, 6.07) is 5.88. The Morgan fingerprint density at radius 1 is 1.22 bits per heavy atom. The fourth-order valence-corrected chi connectivity index (χ4v) is 1.82. The first-order chi connectivity index (χ1) is 11.1. The van der Waals surface area contributed by atoms with Gasteiger partial charge in [0.2, 0.25) is 0 Å². The monoisotopic (exact) mass is 321 g/mol. The van der Waals surface area contributed by atoms with Crippen molar-refractivity contribution in [2.75, 3.05) is 38.6 Å². The molecule has 6 nitrogen and oxygen atoms in total. The summed E-state index contributed by atoms with van der Waals surface area (Å²) in [5.41, 5.74) is -0.241. The van der Waals surface area contributed by atoms with E-state index in [2.05, 4.69) is 32.9 Å². The number of hydrogen-bond acceptors (Lipinski definition) is 4. The fourth-order valence-electron chi connectivity index (χ4n) is 1.82. The van der Waals surface area contributed by atoms with E-state index in [4.69, 9.17) is 4.74 Å². The van der Waals surface area contributed by atoms with Crippen LogP contribution in [0.15, 0.2) is 29.4 Å². The SMILES string of the molecule is CCNC(=NCC(C)(C)OC)NCCCCNc1ccccn1. The number of ether oxygens (including phenoxy) is 1. The number of methoxy groups -OCH3 is 1. The first-order valence-electron chi connectivity index (χ1n) is 8.29. The summed E-state index contributed by atoms with van der Waals surface area (Å²) in [7, 11) is 1.71. The third kappa shape index (κ3) is 9.03. The maximum absolute atomic E-state index is 5.39. The van der Waals surface area contributed by atoms with Gasteiger partial charge in [-0.2, -0.15) is 0 Å². The van der Waals surface area contributed by atoms with Crippen molar-refractivity contribution < 1.29 is 4.74 Å². The third-order valence-electron chi connectivity index (χ3n) is 3.38. The first kappa shape index (κ1) is 19.2. The number of aromatic nitrogens is 1. The van der Waals surface area contributed by atoms with Crippen LogP contribution in [0.5, 0.6) is 0 Å². The van der Waals surface area contributed by atoms with Gasteiger partial charge >= 0.3 is 0 Å². The maximum Gasteiger partial charge on any atom is 0.191 e. The van der Waals surface area contributed by atoms with Gasteiger partial charge in [0.1, 0.15) is 5.82 Å². The smallest absolute Gasteiger partial charge is 0.191 e. The van der Waals surface area contributed by atoms with Crippen LogP contribution in [0.1, 0.15) is 33.6 Å². The summed E-state index contributed by atoms with van der Waals surface area (Å²) in [6.07, 6.45) is 3.94. The number of unbranched alkanes of at least 4 members (excludes halogenated alkanes) is 1. The number of nitrogens with one attached hydrogen (secondary N) is 3. The molecule has 0 atom stereocenters. The standard InChI is InChI=1S/C17H31N5O/c1-5-18-16(22-14-17(2,3)23-4)21-13-9-8-12-20-15-10-6-7-11-19-15/h6-7,10-11H,5,8-9,12-14H2,1-4H3,(H,19,20)(H2,18,21,22). The second-order valence-electron chi connectivity index (χ2n) is 5.93. The molecule has 0 aliphatic heterocycles. The Kier molecular flexibility index (Phi) is 9.05. The van der Waals surface area contributed by atoms with Crippen LogP contribution in [0.3, 0.4) is 0 Å². The fraction of sp³-hybridized carbons (Fsp3) is 0.647. The van der Waals surface area contributed by atoms with Gasteiger partial charge in [-0.3, -0.25) is 4.99 Å². The average Bonchev–Trinajstić information content (AvgIpc) is 2.56. The minimum atomic E-state index is -0.241. The Hall–Kier alpha value is -1.82. The molecule has 1 aromatic heterocycles. The maximum atomic E-state index is 5.39. The van der Waals surface area contributed by atoms with Crippen LogP contribution in [0.4, 0.5) is 5.82 Å². The zero-order valence-corrected chi connectivity index (χ0v) is 14.9. The van der Waals surface area contributed by atoms with E-state index in [1.165, 1.54) is 0 Å². The van der Waals surface area contributed by atoms with Gasteiger partial charge in [-0.05, 0) is 45.7 Å². The molecule has 0 aromatic carbocycles. The highest BCUT2D eigenvalue weighted by atomic mass is 16.5. The summed E-state index contributed by atoms with van der Waals surface area (Å²) in [5, 5.41) is 9.92. The molecule has 3 N–H and O–H groups in total. The number of anilines is 1. The Bertz CT molecular complexity index is 448. The lowest BCUT2D eigenvalue weighted by atomic mass is 10.1. The molecule has 0 saturated carbocycles. The van der Waals surface area contributed by atoms with E-state index in [9.17, 15) is 0 Å². The predicted molar refractivity (Wildman–Crippen MR) is 97.0 cm³/mol. The second kappa shape index (κ2) is 10.8. The van der Waals surface area contributed by atoms with Crippen molar-refractivity contribution in [1.29, 1.82) is 0 Å². The van der Waals surface area contributed by atoms with E-state index < -0.39 is 0 Å². The molecule has 23 heavy (non-hydrogen) atoms. The summed E-state index contributed by atoms with van der Waals surface area (Å²) < 4.78 is 5.39.